The third-order valence-corrected chi connectivity index (χ3v) is 3.08. The molecule has 0 aliphatic carbocycles. The largest absolute Gasteiger partial charge is 0.369 e. The van der Waals surface area contributed by atoms with Crippen LogP contribution in [0.3, 0.4) is 0 Å². The van der Waals surface area contributed by atoms with E-state index in [0.717, 1.165) is 24.6 Å². The first-order valence-corrected chi connectivity index (χ1v) is 6.97. The van der Waals surface area contributed by atoms with Crippen LogP contribution in [0.15, 0.2) is 6.07 Å². The number of nitrogens with one attached hydrogen (secondary N) is 2. The fourth-order valence-corrected chi connectivity index (χ4v) is 2.20. The van der Waals surface area contributed by atoms with Gasteiger partial charge in [0.1, 0.15) is 5.82 Å². The van der Waals surface area contributed by atoms with Gasteiger partial charge < -0.3 is 10.6 Å². The third-order valence-electron chi connectivity index (χ3n) is 3.08. The zero-order valence-electron chi connectivity index (χ0n) is 13.0. The lowest BCUT2D eigenvalue weighted by Crippen LogP contribution is -2.40. The number of anilines is 2. The molecule has 1 aromatic heterocycles. The monoisotopic (exact) mass is 265 g/mol. The molecule has 0 aromatic carbocycles. The van der Waals surface area contributed by atoms with Gasteiger partial charge in [-0.05, 0) is 34.6 Å². The molecule has 0 amide bonds. The van der Waals surface area contributed by atoms with E-state index < -0.39 is 0 Å². The van der Waals surface area contributed by atoms with E-state index in [-0.39, 0.29) is 0 Å². The quantitative estimate of drug-likeness (QED) is 0.792. The highest BCUT2D eigenvalue weighted by Gasteiger charge is 2.12. The Morgan fingerprint density at radius 2 is 1.79 bits per heavy atom. The average molecular weight is 265 g/mol. The molecule has 0 radical (unpaired) electrons. The first-order chi connectivity index (χ1) is 8.93. The highest BCUT2D eigenvalue weighted by Crippen LogP contribution is 2.09. The van der Waals surface area contributed by atoms with Crippen molar-refractivity contribution in [3.8, 4) is 0 Å². The first-order valence-electron chi connectivity index (χ1n) is 6.97. The van der Waals surface area contributed by atoms with E-state index in [0.29, 0.717) is 18.0 Å². The van der Waals surface area contributed by atoms with Crippen molar-refractivity contribution in [1.29, 1.82) is 0 Å². The van der Waals surface area contributed by atoms with Crippen LogP contribution in [0.4, 0.5) is 11.8 Å². The van der Waals surface area contributed by atoms with Gasteiger partial charge in [0.25, 0.3) is 0 Å². The van der Waals surface area contributed by atoms with E-state index in [1.54, 1.807) is 0 Å². The van der Waals surface area contributed by atoms with Gasteiger partial charge in [0, 0.05) is 44.0 Å². The van der Waals surface area contributed by atoms with E-state index in [1.165, 1.54) is 0 Å². The molecule has 2 N–H and O–H groups in total. The second-order valence-electron chi connectivity index (χ2n) is 5.32. The number of nitrogens with zero attached hydrogens (tertiary/aromatic N) is 3. The number of rotatable bonds is 7. The summed E-state index contributed by atoms with van der Waals surface area (Å²) in [5.74, 6) is 1.54. The molecular formula is C14H27N5. The Balaban J connectivity index is 2.55. The standard InChI is InChI=1S/C14H27N5/c1-10(2)19(11(3)4)8-7-16-13-9-12(5)17-14(15-6)18-13/h9-11H,7-8H2,1-6H3,(H2,15,16,17,18). The number of aryl methyl sites for hydroxylation is 1. The predicted molar refractivity (Wildman–Crippen MR) is 81.8 cm³/mol. The fraction of sp³-hybridized carbons (Fsp3) is 0.714. The first kappa shape index (κ1) is 15.7. The molecule has 1 heterocycles. The molecule has 1 aromatic rings. The maximum absolute atomic E-state index is 4.39. The molecule has 5 heteroatoms. The molecule has 0 saturated carbocycles. The minimum atomic E-state index is 0.557. The number of hydrogen-bond acceptors (Lipinski definition) is 5. The molecule has 0 spiro atoms. The van der Waals surface area contributed by atoms with E-state index in [9.17, 15) is 0 Å². The summed E-state index contributed by atoms with van der Waals surface area (Å²) in [5, 5.41) is 6.34. The molecule has 0 fully saturated rings. The summed E-state index contributed by atoms with van der Waals surface area (Å²) in [5.41, 5.74) is 0.964. The Labute approximate surface area is 116 Å². The maximum Gasteiger partial charge on any atom is 0.224 e. The molecule has 0 bridgehead atoms. The van der Waals surface area contributed by atoms with Crippen LogP contribution in [0.5, 0.6) is 0 Å². The van der Waals surface area contributed by atoms with Crippen molar-refractivity contribution < 1.29 is 0 Å². The third kappa shape index (κ3) is 5.03. The summed E-state index contributed by atoms with van der Waals surface area (Å²) in [6.07, 6.45) is 0. The topological polar surface area (TPSA) is 53.1 Å². The van der Waals surface area contributed by atoms with E-state index in [2.05, 4.69) is 53.2 Å². The molecule has 0 unspecified atom stereocenters. The summed E-state index contributed by atoms with van der Waals surface area (Å²) < 4.78 is 0. The predicted octanol–water partition coefficient (Wildman–Crippen LogP) is 2.36. The van der Waals surface area contributed by atoms with Crippen molar-refractivity contribution >= 4 is 11.8 Å². The molecule has 108 valence electrons. The zero-order valence-corrected chi connectivity index (χ0v) is 13.0. The van der Waals surface area contributed by atoms with Crippen molar-refractivity contribution in [2.45, 2.75) is 46.7 Å². The molecule has 0 atom stereocenters. The smallest absolute Gasteiger partial charge is 0.224 e. The molecule has 0 aliphatic heterocycles. The second-order valence-corrected chi connectivity index (χ2v) is 5.32. The second kappa shape index (κ2) is 7.28. The lowest BCUT2D eigenvalue weighted by molar-refractivity contribution is 0.182. The van der Waals surface area contributed by atoms with Gasteiger partial charge in [-0.3, -0.25) is 4.90 Å². The highest BCUT2D eigenvalue weighted by molar-refractivity contribution is 5.41. The van der Waals surface area contributed by atoms with Crippen LogP contribution < -0.4 is 10.6 Å². The van der Waals surface area contributed by atoms with Gasteiger partial charge in [0.15, 0.2) is 0 Å². The zero-order chi connectivity index (χ0) is 14.4. The molecule has 0 saturated heterocycles. The van der Waals surface area contributed by atoms with Gasteiger partial charge in [-0.15, -0.1) is 0 Å². The van der Waals surface area contributed by atoms with E-state index >= 15 is 0 Å². The van der Waals surface area contributed by atoms with Gasteiger partial charge in [-0.2, -0.15) is 4.98 Å². The summed E-state index contributed by atoms with van der Waals surface area (Å²) >= 11 is 0. The minimum absolute atomic E-state index is 0.557. The van der Waals surface area contributed by atoms with Gasteiger partial charge >= 0.3 is 0 Å². The van der Waals surface area contributed by atoms with Gasteiger partial charge in [0.2, 0.25) is 5.95 Å². The van der Waals surface area contributed by atoms with Crippen LogP contribution >= 0.6 is 0 Å². The SMILES string of the molecule is CNc1nc(C)cc(NCCN(C(C)C)C(C)C)n1. The maximum atomic E-state index is 4.39. The van der Waals surface area contributed by atoms with Crippen molar-refractivity contribution in [1.82, 2.24) is 14.9 Å². The van der Waals surface area contributed by atoms with Crippen molar-refractivity contribution in [3.63, 3.8) is 0 Å². The van der Waals surface area contributed by atoms with E-state index in [1.807, 2.05) is 20.0 Å². The van der Waals surface area contributed by atoms with Gasteiger partial charge in [0.05, 0.1) is 0 Å². The Bertz CT molecular complexity index is 381. The van der Waals surface area contributed by atoms with Crippen LogP contribution in [0.1, 0.15) is 33.4 Å². The van der Waals surface area contributed by atoms with Crippen molar-refractivity contribution in [3.05, 3.63) is 11.8 Å². The Morgan fingerprint density at radius 1 is 1.16 bits per heavy atom. The van der Waals surface area contributed by atoms with Crippen molar-refractivity contribution in [2.24, 2.45) is 0 Å². The molecule has 1 rings (SSSR count). The Kier molecular flexibility index (Phi) is 6.02. The Morgan fingerprint density at radius 3 is 2.32 bits per heavy atom. The molecule has 5 nitrogen and oxygen atoms in total. The van der Waals surface area contributed by atoms with E-state index in [4.69, 9.17) is 0 Å². The van der Waals surface area contributed by atoms with Crippen LogP contribution in [0.25, 0.3) is 0 Å². The van der Waals surface area contributed by atoms with Crippen LogP contribution in [0.2, 0.25) is 0 Å². The summed E-state index contributed by atoms with van der Waals surface area (Å²) in [4.78, 5) is 11.1. The van der Waals surface area contributed by atoms with Crippen molar-refractivity contribution in [2.75, 3.05) is 30.8 Å². The van der Waals surface area contributed by atoms with Crippen LogP contribution in [0, 0.1) is 6.92 Å². The fourth-order valence-electron chi connectivity index (χ4n) is 2.20. The summed E-state index contributed by atoms with van der Waals surface area (Å²) in [6, 6.07) is 3.08. The summed E-state index contributed by atoms with van der Waals surface area (Å²) in [7, 11) is 1.83. The molecular weight excluding hydrogens is 238 g/mol. The van der Waals surface area contributed by atoms with Gasteiger partial charge in [-0.1, -0.05) is 0 Å². The van der Waals surface area contributed by atoms with Gasteiger partial charge in [-0.25, -0.2) is 4.98 Å². The Hall–Kier alpha value is -1.36. The van der Waals surface area contributed by atoms with Crippen LogP contribution in [-0.2, 0) is 0 Å². The molecule has 19 heavy (non-hydrogen) atoms. The number of aromatic nitrogens is 2. The molecule has 0 aliphatic rings. The lowest BCUT2D eigenvalue weighted by Gasteiger charge is -2.30. The highest BCUT2D eigenvalue weighted by atomic mass is 15.2. The average Bonchev–Trinajstić information content (AvgIpc) is 2.32. The summed E-state index contributed by atoms with van der Waals surface area (Å²) in [6.45, 7) is 12.8. The minimum Gasteiger partial charge on any atom is -0.369 e. The normalized spacial score (nSPS) is 11.4. The van der Waals surface area contributed by atoms with Crippen LogP contribution in [-0.4, -0.2) is 47.1 Å². The number of hydrogen-bond donors (Lipinski definition) is 2. The lowest BCUT2D eigenvalue weighted by atomic mass is 10.2.